The Balaban J connectivity index is 1.96. The fraction of sp³-hybridized carbons (Fsp3) is 0.316. The van der Waals surface area contributed by atoms with E-state index in [1.807, 2.05) is 24.3 Å². The van der Waals surface area contributed by atoms with Crippen LogP contribution in [0.25, 0.3) is 0 Å². The van der Waals surface area contributed by atoms with Gasteiger partial charge in [-0.15, -0.1) is 11.8 Å². The first kappa shape index (κ1) is 17.6. The number of methoxy groups -OCH3 is 2. The van der Waals surface area contributed by atoms with E-state index in [0.29, 0.717) is 29.4 Å². The van der Waals surface area contributed by atoms with Crippen LogP contribution in [-0.2, 0) is 11.3 Å². The first-order chi connectivity index (χ1) is 12.0. The van der Waals surface area contributed by atoms with Crippen LogP contribution in [0.2, 0.25) is 0 Å². The third-order valence-corrected chi connectivity index (χ3v) is 5.49. The second kappa shape index (κ2) is 7.35. The van der Waals surface area contributed by atoms with Crippen molar-refractivity contribution in [3.63, 3.8) is 0 Å². The second-order valence-corrected chi connectivity index (χ2v) is 6.91. The SMILES string of the molecule is COc1cccc(OC)c1C1SCC(=O)N1Cc1ccc(C)c(F)c1. The lowest BCUT2D eigenvalue weighted by molar-refractivity contribution is -0.128. The first-order valence-corrected chi connectivity index (χ1v) is 8.97. The van der Waals surface area contributed by atoms with Crippen LogP contribution in [0.1, 0.15) is 22.1 Å². The molecule has 0 spiro atoms. The Morgan fingerprint density at radius 1 is 1.20 bits per heavy atom. The van der Waals surface area contributed by atoms with Gasteiger partial charge in [-0.1, -0.05) is 18.2 Å². The van der Waals surface area contributed by atoms with Crippen molar-refractivity contribution in [2.45, 2.75) is 18.8 Å². The molecule has 0 aromatic heterocycles. The largest absolute Gasteiger partial charge is 0.496 e. The average Bonchev–Trinajstić information content (AvgIpc) is 2.97. The highest BCUT2D eigenvalue weighted by atomic mass is 32.2. The zero-order chi connectivity index (χ0) is 18.0. The molecule has 0 radical (unpaired) electrons. The Labute approximate surface area is 150 Å². The summed E-state index contributed by atoms with van der Waals surface area (Å²) >= 11 is 1.52. The van der Waals surface area contributed by atoms with Gasteiger partial charge >= 0.3 is 0 Å². The Bertz CT molecular complexity index is 774. The van der Waals surface area contributed by atoms with E-state index in [9.17, 15) is 9.18 Å². The van der Waals surface area contributed by atoms with Crippen LogP contribution in [0.5, 0.6) is 11.5 Å². The first-order valence-electron chi connectivity index (χ1n) is 7.92. The van der Waals surface area contributed by atoms with Crippen molar-refractivity contribution in [3.8, 4) is 11.5 Å². The third kappa shape index (κ3) is 3.44. The highest BCUT2D eigenvalue weighted by Gasteiger charge is 2.36. The molecule has 1 saturated heterocycles. The maximum atomic E-state index is 13.9. The summed E-state index contributed by atoms with van der Waals surface area (Å²) in [5.74, 6) is 1.48. The Morgan fingerprint density at radius 3 is 2.48 bits per heavy atom. The standard InChI is InChI=1S/C19H20FNO3S/c1-12-7-8-13(9-14(12)20)10-21-17(22)11-25-19(21)18-15(23-2)5-4-6-16(18)24-3/h4-9,19H,10-11H2,1-3H3. The molecule has 1 amide bonds. The number of benzene rings is 2. The summed E-state index contributed by atoms with van der Waals surface area (Å²) in [6.07, 6.45) is 0. The molecule has 6 heteroatoms. The van der Waals surface area contributed by atoms with Gasteiger partial charge in [0.25, 0.3) is 0 Å². The van der Waals surface area contributed by atoms with Crippen LogP contribution in [0.15, 0.2) is 36.4 Å². The predicted octanol–water partition coefficient (Wildman–Crippen LogP) is 3.93. The van der Waals surface area contributed by atoms with Gasteiger partial charge in [-0.3, -0.25) is 4.79 Å². The van der Waals surface area contributed by atoms with E-state index in [2.05, 4.69) is 0 Å². The van der Waals surface area contributed by atoms with Crippen molar-refractivity contribution in [1.29, 1.82) is 0 Å². The quantitative estimate of drug-likeness (QED) is 0.809. The number of nitrogens with zero attached hydrogens (tertiary/aromatic N) is 1. The molecule has 1 atom stereocenters. The maximum absolute atomic E-state index is 13.9. The second-order valence-electron chi connectivity index (χ2n) is 5.84. The Hall–Kier alpha value is -2.21. The number of halogens is 1. The van der Waals surface area contributed by atoms with Gasteiger partial charge in [0.2, 0.25) is 5.91 Å². The van der Waals surface area contributed by atoms with Crippen LogP contribution in [0, 0.1) is 12.7 Å². The lowest BCUT2D eigenvalue weighted by Crippen LogP contribution is -2.28. The van der Waals surface area contributed by atoms with E-state index in [0.717, 1.165) is 11.1 Å². The van der Waals surface area contributed by atoms with Gasteiger partial charge < -0.3 is 14.4 Å². The van der Waals surface area contributed by atoms with Gasteiger partial charge in [0.1, 0.15) is 22.7 Å². The number of ether oxygens (including phenoxy) is 2. The summed E-state index contributed by atoms with van der Waals surface area (Å²) in [6.45, 7) is 2.06. The molecule has 4 nitrogen and oxygen atoms in total. The molecule has 0 aliphatic carbocycles. The zero-order valence-electron chi connectivity index (χ0n) is 14.4. The lowest BCUT2D eigenvalue weighted by atomic mass is 10.1. The van der Waals surface area contributed by atoms with Crippen molar-refractivity contribution >= 4 is 17.7 Å². The van der Waals surface area contributed by atoms with E-state index in [1.54, 1.807) is 32.1 Å². The van der Waals surface area contributed by atoms with Crippen LogP contribution in [0.3, 0.4) is 0 Å². The van der Waals surface area contributed by atoms with Crippen molar-refractivity contribution in [1.82, 2.24) is 4.90 Å². The van der Waals surface area contributed by atoms with Gasteiger partial charge in [0.05, 0.1) is 25.5 Å². The van der Waals surface area contributed by atoms with E-state index in [4.69, 9.17) is 9.47 Å². The molecular formula is C19H20FNO3S. The molecule has 132 valence electrons. The van der Waals surface area contributed by atoms with E-state index < -0.39 is 0 Å². The van der Waals surface area contributed by atoms with Crippen LogP contribution in [0.4, 0.5) is 4.39 Å². The highest BCUT2D eigenvalue weighted by Crippen LogP contribution is 2.47. The number of hydrogen-bond donors (Lipinski definition) is 0. The monoisotopic (exact) mass is 361 g/mol. The Kier molecular flexibility index (Phi) is 5.18. The molecule has 1 heterocycles. The van der Waals surface area contributed by atoms with Gasteiger partial charge in [-0.2, -0.15) is 0 Å². The minimum absolute atomic E-state index is 0.0175. The zero-order valence-corrected chi connectivity index (χ0v) is 15.2. The lowest BCUT2D eigenvalue weighted by Gasteiger charge is -2.27. The van der Waals surface area contributed by atoms with Crippen molar-refractivity contribution < 1.29 is 18.7 Å². The van der Waals surface area contributed by atoms with Crippen molar-refractivity contribution in [2.75, 3.05) is 20.0 Å². The topological polar surface area (TPSA) is 38.8 Å². The number of carbonyl (C=O) groups excluding carboxylic acids is 1. The number of carbonyl (C=O) groups is 1. The van der Waals surface area contributed by atoms with Crippen LogP contribution in [-0.4, -0.2) is 30.8 Å². The van der Waals surface area contributed by atoms with Crippen molar-refractivity contribution in [3.05, 3.63) is 58.9 Å². The summed E-state index contributed by atoms with van der Waals surface area (Å²) in [7, 11) is 3.19. The summed E-state index contributed by atoms with van der Waals surface area (Å²) in [5, 5.41) is -0.233. The molecule has 1 fully saturated rings. The van der Waals surface area contributed by atoms with Crippen molar-refractivity contribution in [2.24, 2.45) is 0 Å². The van der Waals surface area contributed by atoms with Gasteiger partial charge in [-0.05, 0) is 36.2 Å². The summed E-state index contributed by atoms with van der Waals surface area (Å²) < 4.78 is 24.8. The molecule has 0 saturated carbocycles. The molecular weight excluding hydrogens is 341 g/mol. The number of rotatable bonds is 5. The van der Waals surface area contributed by atoms with Gasteiger partial charge in [0, 0.05) is 6.54 Å². The molecule has 1 aliphatic rings. The van der Waals surface area contributed by atoms with Gasteiger partial charge in [0.15, 0.2) is 0 Å². The summed E-state index contributed by atoms with van der Waals surface area (Å²) in [4.78, 5) is 14.2. The maximum Gasteiger partial charge on any atom is 0.234 e. The predicted molar refractivity (Wildman–Crippen MR) is 96.4 cm³/mol. The van der Waals surface area contributed by atoms with E-state index >= 15 is 0 Å². The number of aryl methyl sites for hydroxylation is 1. The van der Waals surface area contributed by atoms with Crippen LogP contribution < -0.4 is 9.47 Å². The fourth-order valence-corrected chi connectivity index (χ4v) is 4.16. The molecule has 3 rings (SSSR count). The average molecular weight is 361 g/mol. The fourth-order valence-electron chi connectivity index (χ4n) is 2.92. The number of hydrogen-bond acceptors (Lipinski definition) is 4. The normalized spacial score (nSPS) is 17.0. The molecule has 0 bridgehead atoms. The minimum atomic E-state index is -0.261. The molecule has 0 N–H and O–H groups in total. The number of thioether (sulfide) groups is 1. The van der Waals surface area contributed by atoms with Gasteiger partial charge in [-0.25, -0.2) is 4.39 Å². The van der Waals surface area contributed by atoms with E-state index in [1.165, 1.54) is 17.8 Å². The third-order valence-electron chi connectivity index (χ3n) is 4.27. The molecule has 2 aromatic carbocycles. The summed E-state index contributed by atoms with van der Waals surface area (Å²) in [5.41, 5.74) is 2.18. The molecule has 1 unspecified atom stereocenters. The molecule has 1 aliphatic heterocycles. The van der Waals surface area contributed by atoms with Crippen LogP contribution >= 0.6 is 11.8 Å². The van der Waals surface area contributed by atoms with E-state index in [-0.39, 0.29) is 17.1 Å². The molecule has 2 aromatic rings. The molecule has 25 heavy (non-hydrogen) atoms. The smallest absolute Gasteiger partial charge is 0.234 e. The number of amides is 1. The highest BCUT2D eigenvalue weighted by molar-refractivity contribution is 8.00. The summed E-state index contributed by atoms with van der Waals surface area (Å²) in [6, 6.07) is 10.6. The Morgan fingerprint density at radius 2 is 1.88 bits per heavy atom. The minimum Gasteiger partial charge on any atom is -0.496 e.